The van der Waals surface area contributed by atoms with Crippen molar-refractivity contribution in [3.05, 3.63) is 33.7 Å². The number of β-amino-alcohol motifs (C(OH)–C–C–N with tert-alkyl or cyclic N) is 1. The van der Waals surface area contributed by atoms with E-state index in [1.165, 1.54) is 6.07 Å². The minimum absolute atomic E-state index is 0.173. The molecular formula is C14H20N2O3. The van der Waals surface area contributed by atoms with Crippen LogP contribution in [0.5, 0.6) is 0 Å². The summed E-state index contributed by atoms with van der Waals surface area (Å²) in [6.45, 7) is 5.02. The van der Waals surface area contributed by atoms with Crippen molar-refractivity contribution in [1.82, 2.24) is 9.88 Å². The Bertz CT molecular complexity index is 522. The third-order valence-corrected chi connectivity index (χ3v) is 3.23. The number of carbonyl (C=O) groups is 1. The van der Waals surface area contributed by atoms with E-state index in [4.69, 9.17) is 0 Å². The van der Waals surface area contributed by atoms with Crippen molar-refractivity contribution >= 4 is 5.91 Å². The van der Waals surface area contributed by atoms with Crippen LogP contribution in [0.15, 0.2) is 16.9 Å². The van der Waals surface area contributed by atoms with E-state index in [0.717, 1.165) is 12.1 Å². The zero-order valence-electron chi connectivity index (χ0n) is 11.3. The first kappa shape index (κ1) is 13.8. The van der Waals surface area contributed by atoms with Crippen molar-refractivity contribution in [2.45, 2.75) is 32.8 Å². The Morgan fingerprint density at radius 1 is 1.53 bits per heavy atom. The first-order valence-corrected chi connectivity index (χ1v) is 6.66. The summed E-state index contributed by atoms with van der Waals surface area (Å²) < 4.78 is 0. The summed E-state index contributed by atoms with van der Waals surface area (Å²) in [5.74, 6) is 0.238. The van der Waals surface area contributed by atoms with E-state index in [2.05, 4.69) is 18.8 Å². The fourth-order valence-electron chi connectivity index (χ4n) is 2.38. The smallest absolute Gasteiger partial charge is 0.254 e. The number of amides is 1. The summed E-state index contributed by atoms with van der Waals surface area (Å²) in [6.07, 6.45) is 0.897. The molecular weight excluding hydrogens is 244 g/mol. The van der Waals surface area contributed by atoms with Crippen molar-refractivity contribution in [3.63, 3.8) is 0 Å². The number of likely N-dealkylation sites (tertiary alicyclic amines) is 1. The van der Waals surface area contributed by atoms with E-state index < -0.39 is 6.10 Å². The Kier molecular flexibility index (Phi) is 4.04. The SMILES string of the molecule is CC(C)Cc1cc(C(=O)N2CC[C@@H](O)C2)cc(=O)[nH]1. The van der Waals surface area contributed by atoms with Gasteiger partial charge in [-0.15, -0.1) is 0 Å². The highest BCUT2D eigenvalue weighted by atomic mass is 16.3. The number of rotatable bonds is 3. The van der Waals surface area contributed by atoms with Gasteiger partial charge in [0.25, 0.3) is 5.91 Å². The molecule has 1 amide bonds. The Morgan fingerprint density at radius 3 is 2.84 bits per heavy atom. The first-order valence-electron chi connectivity index (χ1n) is 6.66. The molecule has 2 heterocycles. The predicted octanol–water partition coefficient (Wildman–Crippen LogP) is 0.780. The lowest BCUT2D eigenvalue weighted by atomic mass is 10.1. The Hall–Kier alpha value is -1.62. The van der Waals surface area contributed by atoms with Gasteiger partial charge in [0.15, 0.2) is 0 Å². The molecule has 1 fully saturated rings. The second-order valence-corrected chi connectivity index (χ2v) is 5.55. The van der Waals surface area contributed by atoms with E-state index in [1.807, 2.05) is 0 Å². The third-order valence-electron chi connectivity index (χ3n) is 3.23. The minimum Gasteiger partial charge on any atom is -0.391 e. The Labute approximate surface area is 112 Å². The maximum absolute atomic E-state index is 12.2. The van der Waals surface area contributed by atoms with Crippen LogP contribution in [-0.4, -0.2) is 40.1 Å². The lowest BCUT2D eigenvalue weighted by molar-refractivity contribution is 0.0764. The van der Waals surface area contributed by atoms with Crippen LogP contribution in [0.4, 0.5) is 0 Å². The predicted molar refractivity (Wildman–Crippen MR) is 72.1 cm³/mol. The van der Waals surface area contributed by atoms with Crippen LogP contribution in [0.1, 0.15) is 36.3 Å². The first-order chi connectivity index (χ1) is 8.95. The number of aromatic amines is 1. The second-order valence-electron chi connectivity index (χ2n) is 5.55. The van der Waals surface area contributed by atoms with Crippen LogP contribution in [0.2, 0.25) is 0 Å². The summed E-state index contributed by atoms with van der Waals surface area (Å²) >= 11 is 0. The van der Waals surface area contributed by atoms with E-state index in [9.17, 15) is 14.7 Å². The van der Waals surface area contributed by atoms with Crippen LogP contribution in [0, 0.1) is 5.92 Å². The van der Waals surface area contributed by atoms with Gasteiger partial charge in [-0.05, 0) is 24.8 Å². The van der Waals surface area contributed by atoms with Gasteiger partial charge in [0.1, 0.15) is 0 Å². The molecule has 1 aliphatic heterocycles. The molecule has 19 heavy (non-hydrogen) atoms. The zero-order chi connectivity index (χ0) is 14.0. The number of hydrogen-bond donors (Lipinski definition) is 2. The second kappa shape index (κ2) is 5.57. The molecule has 104 valence electrons. The van der Waals surface area contributed by atoms with Gasteiger partial charge in [0.2, 0.25) is 5.56 Å². The molecule has 0 aliphatic carbocycles. The summed E-state index contributed by atoms with van der Waals surface area (Å²) in [5.41, 5.74) is 0.945. The van der Waals surface area contributed by atoms with E-state index in [1.54, 1.807) is 11.0 Å². The number of nitrogens with zero attached hydrogens (tertiary/aromatic N) is 1. The van der Waals surface area contributed by atoms with Gasteiger partial charge < -0.3 is 15.0 Å². The van der Waals surface area contributed by atoms with Crippen LogP contribution < -0.4 is 5.56 Å². The van der Waals surface area contributed by atoms with Crippen molar-refractivity contribution in [2.75, 3.05) is 13.1 Å². The quantitative estimate of drug-likeness (QED) is 0.847. The van der Waals surface area contributed by atoms with Crippen LogP contribution in [0.3, 0.4) is 0 Å². The van der Waals surface area contributed by atoms with Gasteiger partial charge in [-0.25, -0.2) is 0 Å². The van der Waals surface area contributed by atoms with Gasteiger partial charge in [0.05, 0.1) is 6.10 Å². The van der Waals surface area contributed by atoms with Crippen molar-refractivity contribution in [3.8, 4) is 0 Å². The number of nitrogens with one attached hydrogen (secondary N) is 1. The summed E-state index contributed by atoms with van der Waals surface area (Å²) in [4.78, 5) is 28.2. The molecule has 2 rings (SSSR count). The molecule has 0 saturated carbocycles. The highest BCUT2D eigenvalue weighted by molar-refractivity contribution is 5.94. The Morgan fingerprint density at radius 2 is 2.26 bits per heavy atom. The monoisotopic (exact) mass is 264 g/mol. The lowest BCUT2D eigenvalue weighted by Crippen LogP contribution is -2.30. The molecule has 5 heteroatoms. The molecule has 1 aliphatic rings. The van der Waals surface area contributed by atoms with Crippen molar-refractivity contribution in [1.29, 1.82) is 0 Å². The highest BCUT2D eigenvalue weighted by Gasteiger charge is 2.25. The van der Waals surface area contributed by atoms with Crippen LogP contribution in [-0.2, 0) is 6.42 Å². The van der Waals surface area contributed by atoms with Crippen molar-refractivity contribution in [2.24, 2.45) is 5.92 Å². The molecule has 2 N–H and O–H groups in total. The normalized spacial score (nSPS) is 19.2. The fraction of sp³-hybridized carbons (Fsp3) is 0.571. The van der Waals surface area contributed by atoms with E-state index in [-0.39, 0.29) is 11.5 Å². The summed E-state index contributed by atoms with van der Waals surface area (Å²) in [6, 6.07) is 3.07. The van der Waals surface area contributed by atoms with E-state index >= 15 is 0 Å². The maximum atomic E-state index is 12.2. The molecule has 0 unspecified atom stereocenters. The molecule has 1 aromatic rings. The zero-order valence-corrected chi connectivity index (χ0v) is 11.3. The highest BCUT2D eigenvalue weighted by Crippen LogP contribution is 2.14. The number of aliphatic hydroxyl groups excluding tert-OH is 1. The number of pyridine rings is 1. The maximum Gasteiger partial charge on any atom is 0.254 e. The average Bonchev–Trinajstić information content (AvgIpc) is 2.73. The van der Waals surface area contributed by atoms with Crippen molar-refractivity contribution < 1.29 is 9.90 Å². The van der Waals surface area contributed by atoms with Gasteiger partial charge in [-0.3, -0.25) is 9.59 Å². The van der Waals surface area contributed by atoms with Gasteiger partial charge in [0, 0.05) is 30.4 Å². The Balaban J connectivity index is 2.21. The summed E-state index contributed by atoms with van der Waals surface area (Å²) in [7, 11) is 0. The van der Waals surface area contributed by atoms with Crippen LogP contribution in [0.25, 0.3) is 0 Å². The molecule has 0 bridgehead atoms. The average molecular weight is 264 g/mol. The molecule has 0 radical (unpaired) electrons. The van der Waals surface area contributed by atoms with Gasteiger partial charge in [-0.2, -0.15) is 0 Å². The fourth-order valence-corrected chi connectivity index (χ4v) is 2.38. The largest absolute Gasteiger partial charge is 0.391 e. The van der Waals surface area contributed by atoms with Gasteiger partial charge >= 0.3 is 0 Å². The lowest BCUT2D eigenvalue weighted by Gasteiger charge is -2.16. The van der Waals surface area contributed by atoms with E-state index in [0.29, 0.717) is 31.0 Å². The number of H-pyrrole nitrogens is 1. The molecule has 1 atom stereocenters. The van der Waals surface area contributed by atoms with Gasteiger partial charge in [-0.1, -0.05) is 13.8 Å². The molecule has 0 aromatic carbocycles. The molecule has 1 aromatic heterocycles. The standard InChI is InChI=1S/C14H20N2O3/c1-9(2)5-11-6-10(7-13(18)15-11)14(19)16-4-3-12(17)8-16/h6-7,9,12,17H,3-5,8H2,1-2H3,(H,15,18)/t12-/m1/s1. The molecule has 1 saturated heterocycles. The third kappa shape index (κ3) is 3.44. The topological polar surface area (TPSA) is 73.4 Å². The molecule has 0 spiro atoms. The number of carbonyl (C=O) groups excluding carboxylic acids is 1. The van der Waals surface area contributed by atoms with Crippen LogP contribution >= 0.6 is 0 Å². The number of hydrogen-bond acceptors (Lipinski definition) is 3. The number of aliphatic hydroxyl groups is 1. The minimum atomic E-state index is -0.443. The summed E-state index contributed by atoms with van der Waals surface area (Å²) in [5, 5.41) is 9.46. The molecule has 5 nitrogen and oxygen atoms in total. The number of aromatic nitrogens is 1.